The Labute approximate surface area is 191 Å². The SMILES string of the molecule is O=C(c1ccc(Oc2ccccc2)cc1)N1C2CCC1CC(O)(Cc1ccc(F)cc1F)C2. The number of rotatable bonds is 5. The van der Waals surface area contributed by atoms with Gasteiger partial charge in [-0.3, -0.25) is 4.79 Å². The van der Waals surface area contributed by atoms with Gasteiger partial charge in [-0.2, -0.15) is 0 Å². The van der Waals surface area contributed by atoms with Crippen LogP contribution in [0.15, 0.2) is 72.8 Å². The van der Waals surface area contributed by atoms with E-state index in [1.54, 1.807) is 24.3 Å². The molecular formula is C27H25F2NO3. The lowest BCUT2D eigenvalue weighted by Crippen LogP contribution is -2.54. The number of ether oxygens (including phenoxy) is 1. The van der Waals surface area contributed by atoms with Crippen LogP contribution in [0.5, 0.6) is 11.5 Å². The second-order valence-corrected chi connectivity index (χ2v) is 9.08. The maximum absolute atomic E-state index is 14.2. The number of hydrogen-bond acceptors (Lipinski definition) is 3. The van der Waals surface area contributed by atoms with Gasteiger partial charge in [0, 0.05) is 30.1 Å². The summed E-state index contributed by atoms with van der Waals surface area (Å²) in [5.74, 6) is 0.0253. The number of halogens is 2. The van der Waals surface area contributed by atoms with E-state index in [0.717, 1.165) is 24.7 Å². The summed E-state index contributed by atoms with van der Waals surface area (Å²) in [5, 5.41) is 11.2. The zero-order valence-electron chi connectivity index (χ0n) is 18.1. The van der Waals surface area contributed by atoms with Gasteiger partial charge in [0.25, 0.3) is 5.91 Å². The van der Waals surface area contributed by atoms with Gasteiger partial charge >= 0.3 is 0 Å². The van der Waals surface area contributed by atoms with Crippen LogP contribution in [0.1, 0.15) is 41.6 Å². The maximum atomic E-state index is 14.2. The van der Waals surface area contributed by atoms with Crippen LogP contribution in [-0.4, -0.2) is 33.6 Å². The lowest BCUT2D eigenvalue weighted by Gasteiger charge is -2.44. The minimum atomic E-state index is -1.12. The van der Waals surface area contributed by atoms with Crippen molar-refractivity contribution >= 4 is 5.91 Å². The molecule has 2 aliphatic heterocycles. The van der Waals surface area contributed by atoms with Crippen molar-refractivity contribution in [3.8, 4) is 11.5 Å². The Morgan fingerprint density at radius 2 is 1.58 bits per heavy atom. The Hall–Kier alpha value is -3.25. The molecule has 0 aromatic heterocycles. The van der Waals surface area contributed by atoms with Crippen molar-refractivity contribution in [3.63, 3.8) is 0 Å². The molecule has 4 nitrogen and oxygen atoms in total. The number of nitrogens with zero attached hydrogens (tertiary/aromatic N) is 1. The van der Waals surface area contributed by atoms with E-state index in [4.69, 9.17) is 4.74 Å². The minimum Gasteiger partial charge on any atom is -0.457 e. The Bertz CT molecular complexity index is 1140. The number of carbonyl (C=O) groups excluding carboxylic acids is 1. The fraction of sp³-hybridized carbons (Fsp3) is 0.296. The van der Waals surface area contributed by atoms with Crippen molar-refractivity contribution in [3.05, 3.63) is 95.6 Å². The average Bonchev–Trinajstić information content (AvgIpc) is 3.08. The lowest BCUT2D eigenvalue weighted by molar-refractivity contribution is -0.0431. The van der Waals surface area contributed by atoms with E-state index in [1.807, 2.05) is 35.2 Å². The third kappa shape index (κ3) is 4.48. The van der Waals surface area contributed by atoms with E-state index in [1.165, 1.54) is 12.1 Å². The molecule has 170 valence electrons. The molecule has 0 spiro atoms. The summed E-state index contributed by atoms with van der Waals surface area (Å²) >= 11 is 0. The van der Waals surface area contributed by atoms with Gasteiger partial charge in [0.15, 0.2) is 0 Å². The molecule has 3 aromatic carbocycles. The maximum Gasteiger partial charge on any atom is 0.254 e. The number of piperidine rings is 1. The zero-order valence-corrected chi connectivity index (χ0v) is 18.1. The highest BCUT2D eigenvalue weighted by Gasteiger charge is 2.49. The van der Waals surface area contributed by atoms with Gasteiger partial charge in [-0.05, 0) is 73.7 Å². The number of para-hydroxylation sites is 1. The largest absolute Gasteiger partial charge is 0.457 e. The summed E-state index contributed by atoms with van der Waals surface area (Å²) in [6.45, 7) is 0. The molecule has 0 saturated carbocycles. The van der Waals surface area contributed by atoms with Gasteiger partial charge in [0.05, 0.1) is 5.60 Å². The van der Waals surface area contributed by atoms with Gasteiger partial charge in [-0.1, -0.05) is 24.3 Å². The molecule has 6 heteroatoms. The molecule has 1 amide bonds. The van der Waals surface area contributed by atoms with Gasteiger partial charge < -0.3 is 14.7 Å². The molecule has 1 N–H and O–H groups in total. The molecule has 2 heterocycles. The Morgan fingerprint density at radius 1 is 0.939 bits per heavy atom. The quantitative estimate of drug-likeness (QED) is 0.560. The molecule has 2 atom stereocenters. The van der Waals surface area contributed by atoms with E-state index in [0.29, 0.717) is 29.7 Å². The molecule has 2 fully saturated rings. The Morgan fingerprint density at radius 3 is 2.21 bits per heavy atom. The summed E-state index contributed by atoms with van der Waals surface area (Å²) in [6, 6.07) is 19.7. The molecule has 0 radical (unpaired) electrons. The first-order chi connectivity index (χ1) is 15.9. The minimum absolute atomic E-state index is 0.0660. The second-order valence-electron chi connectivity index (χ2n) is 9.08. The van der Waals surface area contributed by atoms with Gasteiger partial charge in [-0.15, -0.1) is 0 Å². The summed E-state index contributed by atoms with van der Waals surface area (Å²) in [7, 11) is 0. The number of hydrogen-bond donors (Lipinski definition) is 1. The highest BCUT2D eigenvalue weighted by molar-refractivity contribution is 5.95. The van der Waals surface area contributed by atoms with E-state index in [9.17, 15) is 18.7 Å². The van der Waals surface area contributed by atoms with Crippen molar-refractivity contribution < 1.29 is 23.4 Å². The standard InChI is InChI=1S/C27H25F2NO3/c28-20-9-6-19(25(29)14-20)15-27(32)16-21-10-11-22(17-27)30(21)26(31)18-7-12-24(13-8-18)33-23-4-2-1-3-5-23/h1-9,12-14,21-22,32H,10-11,15-17H2. The van der Waals surface area contributed by atoms with Crippen LogP contribution in [-0.2, 0) is 6.42 Å². The predicted octanol–water partition coefficient (Wildman–Crippen LogP) is 5.50. The van der Waals surface area contributed by atoms with Crippen LogP contribution >= 0.6 is 0 Å². The first kappa shape index (κ1) is 21.6. The average molecular weight is 449 g/mol. The second kappa shape index (κ2) is 8.60. The van der Waals surface area contributed by atoms with Crippen LogP contribution in [0.2, 0.25) is 0 Å². The van der Waals surface area contributed by atoms with Crippen LogP contribution in [0.4, 0.5) is 8.78 Å². The number of fused-ring (bicyclic) bond motifs is 2. The number of amides is 1. The van der Waals surface area contributed by atoms with Crippen LogP contribution in [0.25, 0.3) is 0 Å². The number of carbonyl (C=O) groups is 1. The molecule has 33 heavy (non-hydrogen) atoms. The van der Waals surface area contributed by atoms with Crippen LogP contribution in [0, 0.1) is 11.6 Å². The van der Waals surface area contributed by atoms with Gasteiger partial charge in [0.1, 0.15) is 23.1 Å². The molecule has 2 saturated heterocycles. The Balaban J connectivity index is 1.28. The van der Waals surface area contributed by atoms with Crippen molar-refractivity contribution in [1.82, 2.24) is 4.90 Å². The van der Waals surface area contributed by atoms with Gasteiger partial charge in [0.2, 0.25) is 0 Å². The van der Waals surface area contributed by atoms with E-state index in [-0.39, 0.29) is 24.4 Å². The van der Waals surface area contributed by atoms with Crippen molar-refractivity contribution in [1.29, 1.82) is 0 Å². The van der Waals surface area contributed by atoms with E-state index in [2.05, 4.69) is 0 Å². The molecule has 3 aromatic rings. The van der Waals surface area contributed by atoms with E-state index < -0.39 is 17.2 Å². The summed E-state index contributed by atoms with van der Waals surface area (Å²) in [4.78, 5) is 15.2. The van der Waals surface area contributed by atoms with Crippen LogP contribution in [0.3, 0.4) is 0 Å². The highest BCUT2D eigenvalue weighted by Crippen LogP contribution is 2.43. The lowest BCUT2D eigenvalue weighted by atomic mass is 9.81. The molecule has 2 unspecified atom stereocenters. The summed E-state index contributed by atoms with van der Waals surface area (Å²) in [6.07, 6.45) is 2.47. The smallest absolute Gasteiger partial charge is 0.254 e. The van der Waals surface area contributed by atoms with Gasteiger partial charge in [-0.25, -0.2) is 8.78 Å². The number of benzene rings is 3. The van der Waals surface area contributed by atoms with Crippen molar-refractivity contribution in [2.75, 3.05) is 0 Å². The summed E-state index contributed by atoms with van der Waals surface area (Å²) in [5.41, 5.74) is -0.247. The molecule has 2 aliphatic rings. The fourth-order valence-corrected chi connectivity index (χ4v) is 5.26. The van der Waals surface area contributed by atoms with Crippen molar-refractivity contribution in [2.24, 2.45) is 0 Å². The molecule has 2 bridgehead atoms. The molecule has 0 aliphatic carbocycles. The third-order valence-corrected chi connectivity index (χ3v) is 6.70. The van der Waals surface area contributed by atoms with E-state index >= 15 is 0 Å². The van der Waals surface area contributed by atoms with Crippen molar-refractivity contribution in [2.45, 2.75) is 49.8 Å². The Kier molecular flexibility index (Phi) is 5.62. The molecular weight excluding hydrogens is 424 g/mol. The third-order valence-electron chi connectivity index (χ3n) is 6.70. The zero-order chi connectivity index (χ0) is 23.0. The normalized spacial score (nSPS) is 24.0. The number of aliphatic hydroxyl groups is 1. The topological polar surface area (TPSA) is 49.8 Å². The monoisotopic (exact) mass is 449 g/mol. The predicted molar refractivity (Wildman–Crippen MR) is 120 cm³/mol. The first-order valence-corrected chi connectivity index (χ1v) is 11.2. The highest BCUT2D eigenvalue weighted by atomic mass is 19.1. The summed E-state index contributed by atoms with van der Waals surface area (Å²) < 4.78 is 33.2. The first-order valence-electron chi connectivity index (χ1n) is 11.2. The van der Waals surface area contributed by atoms with Crippen LogP contribution < -0.4 is 4.74 Å². The fourth-order valence-electron chi connectivity index (χ4n) is 5.26. The molecule has 5 rings (SSSR count).